The molecule has 1 aromatic rings. The first-order chi connectivity index (χ1) is 8.49. The smallest absolute Gasteiger partial charge is 0.323 e. The van der Waals surface area contributed by atoms with Gasteiger partial charge in [-0.05, 0) is 17.7 Å². The average Bonchev–Trinajstić information content (AvgIpc) is 2.54. The van der Waals surface area contributed by atoms with Gasteiger partial charge in [0.1, 0.15) is 11.9 Å². The van der Waals surface area contributed by atoms with Crippen LogP contribution in [0.3, 0.4) is 0 Å². The summed E-state index contributed by atoms with van der Waals surface area (Å²) >= 11 is 0. The van der Waals surface area contributed by atoms with Crippen molar-refractivity contribution in [1.82, 2.24) is 10.2 Å². The molecule has 1 aliphatic heterocycles. The molecule has 0 spiro atoms. The number of amides is 3. The van der Waals surface area contributed by atoms with Crippen LogP contribution >= 0.6 is 0 Å². The molecule has 0 aliphatic carbocycles. The highest BCUT2D eigenvalue weighted by molar-refractivity contribution is 6.05. The van der Waals surface area contributed by atoms with Crippen LogP contribution in [-0.2, 0) is 4.79 Å². The van der Waals surface area contributed by atoms with Gasteiger partial charge in [-0.25, -0.2) is 4.79 Å². The number of hydrogen-bond donors (Lipinski definition) is 3. The fourth-order valence-corrected chi connectivity index (χ4v) is 1.92. The van der Waals surface area contributed by atoms with Gasteiger partial charge in [0, 0.05) is 19.7 Å². The summed E-state index contributed by atoms with van der Waals surface area (Å²) in [5.74, 6) is 0.0279. The molecular formula is C12H14N4O2. The topological polar surface area (TPSA) is 85.3 Å². The van der Waals surface area contributed by atoms with Crippen molar-refractivity contribution in [3.8, 4) is 0 Å². The van der Waals surface area contributed by atoms with Gasteiger partial charge in [0.05, 0.1) is 0 Å². The Balaban J connectivity index is 2.22. The summed E-state index contributed by atoms with van der Waals surface area (Å²) < 4.78 is 0. The van der Waals surface area contributed by atoms with Crippen LogP contribution in [0.1, 0.15) is 18.5 Å². The van der Waals surface area contributed by atoms with E-state index < -0.39 is 0 Å². The second-order valence-corrected chi connectivity index (χ2v) is 4.16. The number of carbonyl (C=O) groups excluding carboxylic acids is 2. The van der Waals surface area contributed by atoms with Crippen molar-refractivity contribution in [3.05, 3.63) is 29.8 Å². The van der Waals surface area contributed by atoms with Crippen molar-refractivity contribution in [2.45, 2.75) is 13.0 Å². The summed E-state index contributed by atoms with van der Waals surface area (Å²) in [7, 11) is 1.64. The predicted molar refractivity (Wildman–Crippen MR) is 67.5 cm³/mol. The molecule has 1 atom stereocenters. The zero-order valence-electron chi connectivity index (χ0n) is 10.2. The third-order valence-electron chi connectivity index (χ3n) is 2.77. The normalized spacial score (nSPS) is 18.8. The van der Waals surface area contributed by atoms with Gasteiger partial charge in [-0.2, -0.15) is 0 Å². The van der Waals surface area contributed by atoms with Crippen LogP contribution in [0.5, 0.6) is 0 Å². The van der Waals surface area contributed by atoms with Gasteiger partial charge in [0.15, 0.2) is 0 Å². The Kier molecular flexibility index (Phi) is 3.01. The number of nitrogens with zero attached hydrogens (tertiary/aromatic N) is 1. The molecule has 2 rings (SSSR count). The van der Waals surface area contributed by atoms with Crippen molar-refractivity contribution in [2.24, 2.45) is 0 Å². The number of carbonyl (C=O) groups is 2. The Morgan fingerprint density at radius 2 is 2.00 bits per heavy atom. The first-order valence-electron chi connectivity index (χ1n) is 5.49. The predicted octanol–water partition coefficient (Wildman–Crippen LogP) is 1.32. The van der Waals surface area contributed by atoms with Crippen LogP contribution in [-0.4, -0.2) is 29.7 Å². The number of anilines is 1. The molecule has 18 heavy (non-hydrogen) atoms. The van der Waals surface area contributed by atoms with Crippen LogP contribution in [0.25, 0.3) is 0 Å². The lowest BCUT2D eigenvalue weighted by molar-refractivity contribution is -0.114. The van der Waals surface area contributed by atoms with Gasteiger partial charge in [0.25, 0.3) is 0 Å². The third kappa shape index (κ3) is 2.17. The minimum absolute atomic E-state index is 0.134. The van der Waals surface area contributed by atoms with Crippen molar-refractivity contribution in [2.75, 3.05) is 12.4 Å². The monoisotopic (exact) mass is 246 g/mol. The van der Waals surface area contributed by atoms with E-state index in [0.29, 0.717) is 5.69 Å². The zero-order valence-corrected chi connectivity index (χ0v) is 10.2. The molecule has 0 saturated carbocycles. The molecular weight excluding hydrogens is 232 g/mol. The molecule has 0 radical (unpaired) electrons. The zero-order chi connectivity index (χ0) is 13.3. The molecule has 3 N–H and O–H groups in total. The Morgan fingerprint density at radius 1 is 1.39 bits per heavy atom. The number of amidine groups is 1. The van der Waals surface area contributed by atoms with Crippen molar-refractivity contribution >= 4 is 23.5 Å². The minimum atomic E-state index is -0.385. The second kappa shape index (κ2) is 4.48. The molecule has 1 aliphatic rings. The van der Waals surface area contributed by atoms with E-state index in [0.717, 1.165) is 5.56 Å². The maximum absolute atomic E-state index is 11.4. The lowest BCUT2D eigenvalue weighted by Gasteiger charge is -2.18. The van der Waals surface area contributed by atoms with Gasteiger partial charge >= 0.3 is 6.03 Å². The molecule has 0 bridgehead atoms. The van der Waals surface area contributed by atoms with Gasteiger partial charge in [-0.1, -0.05) is 12.1 Å². The highest BCUT2D eigenvalue weighted by atomic mass is 16.2. The molecule has 6 nitrogen and oxygen atoms in total. The van der Waals surface area contributed by atoms with Gasteiger partial charge in [0.2, 0.25) is 5.91 Å². The average molecular weight is 246 g/mol. The highest BCUT2D eigenvalue weighted by Gasteiger charge is 2.33. The third-order valence-corrected chi connectivity index (χ3v) is 2.77. The molecule has 6 heteroatoms. The van der Waals surface area contributed by atoms with E-state index in [1.54, 1.807) is 31.3 Å². The van der Waals surface area contributed by atoms with Crippen molar-refractivity contribution < 1.29 is 9.59 Å². The maximum Gasteiger partial charge on any atom is 0.323 e. The van der Waals surface area contributed by atoms with Crippen LogP contribution in [0.4, 0.5) is 10.5 Å². The molecule has 3 amide bonds. The summed E-state index contributed by atoms with van der Waals surface area (Å²) in [6.07, 6.45) is 0. The van der Waals surface area contributed by atoms with E-state index in [4.69, 9.17) is 5.41 Å². The van der Waals surface area contributed by atoms with E-state index in [1.807, 2.05) is 0 Å². The fraction of sp³-hybridized carbons (Fsp3) is 0.250. The van der Waals surface area contributed by atoms with E-state index >= 15 is 0 Å². The Labute approximate surface area is 104 Å². The number of likely N-dealkylation sites (N-methyl/N-ethyl adjacent to an activating group) is 1. The van der Waals surface area contributed by atoms with E-state index in [1.165, 1.54) is 11.8 Å². The summed E-state index contributed by atoms with van der Waals surface area (Å²) in [6.45, 7) is 1.44. The molecule has 1 fully saturated rings. The lowest BCUT2D eigenvalue weighted by Crippen LogP contribution is -2.25. The summed E-state index contributed by atoms with van der Waals surface area (Å²) in [4.78, 5) is 23.8. The molecule has 0 aromatic heterocycles. The summed E-state index contributed by atoms with van der Waals surface area (Å²) in [5, 5.41) is 12.9. The van der Waals surface area contributed by atoms with Crippen LogP contribution in [0.15, 0.2) is 24.3 Å². The number of nitrogens with one attached hydrogen (secondary N) is 3. The highest BCUT2D eigenvalue weighted by Crippen LogP contribution is 2.25. The van der Waals surface area contributed by atoms with Gasteiger partial charge in [-0.15, -0.1) is 0 Å². The van der Waals surface area contributed by atoms with E-state index in [-0.39, 0.29) is 23.8 Å². The minimum Gasteiger partial charge on any atom is -0.326 e. The SMILES string of the molecule is CC(=O)Nc1ccc(C2C(=N)NC(=O)N2C)cc1. The van der Waals surface area contributed by atoms with Crippen molar-refractivity contribution in [1.29, 1.82) is 5.41 Å². The first-order valence-corrected chi connectivity index (χ1v) is 5.49. The van der Waals surface area contributed by atoms with E-state index in [2.05, 4.69) is 10.6 Å². The Hall–Kier alpha value is -2.37. The second-order valence-electron chi connectivity index (χ2n) is 4.16. The summed E-state index contributed by atoms with van der Waals surface area (Å²) in [5.41, 5.74) is 1.52. The van der Waals surface area contributed by atoms with Gasteiger partial charge in [-0.3, -0.25) is 15.5 Å². The molecule has 1 unspecified atom stereocenters. The molecule has 94 valence electrons. The van der Waals surface area contributed by atoms with Crippen LogP contribution in [0.2, 0.25) is 0 Å². The maximum atomic E-state index is 11.4. The van der Waals surface area contributed by atoms with Crippen LogP contribution in [0, 0.1) is 5.41 Å². The first kappa shape index (κ1) is 12.1. The number of rotatable bonds is 2. The lowest BCUT2D eigenvalue weighted by atomic mass is 10.1. The number of benzene rings is 1. The van der Waals surface area contributed by atoms with Crippen molar-refractivity contribution in [3.63, 3.8) is 0 Å². The largest absolute Gasteiger partial charge is 0.326 e. The van der Waals surface area contributed by atoms with Crippen LogP contribution < -0.4 is 10.6 Å². The van der Waals surface area contributed by atoms with E-state index in [9.17, 15) is 9.59 Å². The molecule has 1 saturated heterocycles. The quantitative estimate of drug-likeness (QED) is 0.735. The Bertz CT molecular complexity index is 509. The number of hydrogen-bond acceptors (Lipinski definition) is 3. The Morgan fingerprint density at radius 3 is 2.44 bits per heavy atom. The molecule has 1 heterocycles. The fourth-order valence-electron chi connectivity index (χ4n) is 1.92. The molecule has 1 aromatic carbocycles. The number of urea groups is 1. The van der Waals surface area contributed by atoms with Gasteiger partial charge < -0.3 is 10.2 Å². The summed E-state index contributed by atoms with van der Waals surface area (Å²) in [6, 6.07) is 6.42. The standard InChI is InChI=1S/C12H14N4O2/c1-7(17)14-9-5-3-8(4-6-9)10-11(13)15-12(18)16(10)2/h3-6,10H,1-2H3,(H,14,17)(H2,13,15,18).